The molecule has 1 amide bonds. The summed E-state index contributed by atoms with van der Waals surface area (Å²) in [7, 11) is 1.52. The highest BCUT2D eigenvalue weighted by Crippen LogP contribution is 2.05. The second kappa shape index (κ2) is 8.29. The van der Waals surface area contributed by atoms with Crippen LogP contribution < -0.4 is 11.1 Å². The monoisotopic (exact) mass is 280 g/mol. The Balaban J connectivity index is 2.33. The lowest BCUT2D eigenvalue weighted by Crippen LogP contribution is -2.33. The molecule has 1 aromatic rings. The van der Waals surface area contributed by atoms with Gasteiger partial charge in [-0.25, -0.2) is 4.79 Å². The van der Waals surface area contributed by atoms with E-state index in [0.29, 0.717) is 19.5 Å². The normalized spacial score (nSPS) is 11.9. The quantitative estimate of drug-likeness (QED) is 0.640. The lowest BCUT2D eigenvalue weighted by Gasteiger charge is -2.12. The van der Waals surface area contributed by atoms with Crippen LogP contribution >= 0.6 is 0 Å². The Morgan fingerprint density at radius 3 is 2.50 bits per heavy atom. The molecule has 1 rings (SSSR count). The van der Waals surface area contributed by atoms with Gasteiger partial charge in [-0.1, -0.05) is 12.1 Å². The van der Waals surface area contributed by atoms with Gasteiger partial charge in [-0.15, -0.1) is 0 Å². The zero-order valence-electron chi connectivity index (χ0n) is 11.5. The van der Waals surface area contributed by atoms with Gasteiger partial charge in [0.2, 0.25) is 5.91 Å². The molecular formula is C14H20N2O4. The average Bonchev–Trinajstić information content (AvgIpc) is 2.45. The fourth-order valence-electron chi connectivity index (χ4n) is 1.70. The summed E-state index contributed by atoms with van der Waals surface area (Å²) in [5.41, 5.74) is 6.66. The van der Waals surface area contributed by atoms with Gasteiger partial charge in [0, 0.05) is 20.2 Å². The molecule has 1 aromatic carbocycles. The number of amides is 1. The van der Waals surface area contributed by atoms with E-state index in [9.17, 15) is 9.59 Å². The SMILES string of the molecule is COC(CN)CC(=O)NCCc1ccc(C(=O)O)cc1. The van der Waals surface area contributed by atoms with Gasteiger partial charge < -0.3 is 20.9 Å². The van der Waals surface area contributed by atoms with Crippen molar-refractivity contribution in [1.29, 1.82) is 0 Å². The molecule has 1 unspecified atom stereocenters. The van der Waals surface area contributed by atoms with E-state index in [4.69, 9.17) is 15.6 Å². The molecule has 0 aliphatic rings. The maximum absolute atomic E-state index is 11.6. The van der Waals surface area contributed by atoms with Gasteiger partial charge in [0.05, 0.1) is 18.1 Å². The third-order valence-corrected chi connectivity index (χ3v) is 2.95. The minimum Gasteiger partial charge on any atom is -0.478 e. The summed E-state index contributed by atoms with van der Waals surface area (Å²) in [4.78, 5) is 22.3. The number of carboxylic acid groups (broad SMARTS) is 1. The summed E-state index contributed by atoms with van der Waals surface area (Å²) in [6, 6.07) is 6.59. The number of aromatic carboxylic acids is 1. The van der Waals surface area contributed by atoms with Crippen LogP contribution in [0.15, 0.2) is 24.3 Å². The third-order valence-electron chi connectivity index (χ3n) is 2.95. The van der Waals surface area contributed by atoms with Gasteiger partial charge in [-0.3, -0.25) is 4.79 Å². The fourth-order valence-corrected chi connectivity index (χ4v) is 1.70. The zero-order chi connectivity index (χ0) is 15.0. The predicted molar refractivity (Wildman–Crippen MR) is 74.6 cm³/mol. The van der Waals surface area contributed by atoms with E-state index in [1.54, 1.807) is 24.3 Å². The van der Waals surface area contributed by atoms with E-state index < -0.39 is 5.97 Å². The number of hydrogen-bond acceptors (Lipinski definition) is 4. The highest BCUT2D eigenvalue weighted by Gasteiger charge is 2.10. The molecule has 0 aliphatic heterocycles. The maximum Gasteiger partial charge on any atom is 0.335 e. The Kier molecular flexibility index (Phi) is 6.69. The van der Waals surface area contributed by atoms with Gasteiger partial charge in [-0.05, 0) is 24.1 Å². The minimum atomic E-state index is -0.947. The first-order valence-corrected chi connectivity index (χ1v) is 6.38. The third kappa shape index (κ3) is 5.38. The van der Waals surface area contributed by atoms with E-state index in [1.807, 2.05) is 0 Å². The molecule has 20 heavy (non-hydrogen) atoms. The first-order chi connectivity index (χ1) is 9.56. The standard InChI is InChI=1S/C14H20N2O4/c1-20-12(9-15)8-13(17)16-7-6-10-2-4-11(5-3-10)14(18)19/h2-5,12H,6-9,15H2,1H3,(H,16,17)(H,18,19). The molecular weight excluding hydrogens is 260 g/mol. The molecule has 6 heteroatoms. The number of benzene rings is 1. The lowest BCUT2D eigenvalue weighted by molar-refractivity contribution is -0.123. The van der Waals surface area contributed by atoms with E-state index in [2.05, 4.69) is 5.32 Å². The van der Waals surface area contributed by atoms with Crippen molar-refractivity contribution >= 4 is 11.9 Å². The first-order valence-electron chi connectivity index (χ1n) is 6.38. The molecule has 0 heterocycles. The van der Waals surface area contributed by atoms with E-state index in [0.717, 1.165) is 5.56 Å². The van der Waals surface area contributed by atoms with Gasteiger partial charge in [0.25, 0.3) is 0 Å². The van der Waals surface area contributed by atoms with Crippen molar-refractivity contribution in [2.75, 3.05) is 20.2 Å². The van der Waals surface area contributed by atoms with E-state index in [1.165, 1.54) is 7.11 Å². The van der Waals surface area contributed by atoms with Gasteiger partial charge in [-0.2, -0.15) is 0 Å². The fraction of sp³-hybridized carbons (Fsp3) is 0.429. The number of rotatable bonds is 8. The van der Waals surface area contributed by atoms with Gasteiger partial charge >= 0.3 is 5.97 Å². The van der Waals surface area contributed by atoms with Crippen LogP contribution in [0, 0.1) is 0 Å². The summed E-state index contributed by atoms with van der Waals surface area (Å²) in [6.45, 7) is 0.798. The Labute approximate surface area is 117 Å². The molecule has 4 N–H and O–H groups in total. The van der Waals surface area contributed by atoms with Crippen LogP contribution in [0.25, 0.3) is 0 Å². The molecule has 1 atom stereocenters. The number of methoxy groups -OCH3 is 1. The molecule has 110 valence electrons. The molecule has 0 aromatic heterocycles. The number of hydrogen-bond donors (Lipinski definition) is 3. The number of carbonyl (C=O) groups is 2. The molecule has 0 saturated heterocycles. The van der Waals surface area contributed by atoms with Crippen molar-refractivity contribution in [3.05, 3.63) is 35.4 Å². The maximum atomic E-state index is 11.6. The minimum absolute atomic E-state index is 0.107. The summed E-state index contributed by atoms with van der Waals surface area (Å²) in [6.07, 6.45) is 0.626. The Morgan fingerprint density at radius 2 is 2.00 bits per heavy atom. The summed E-state index contributed by atoms with van der Waals surface area (Å²) in [5.74, 6) is -1.05. The Bertz CT molecular complexity index is 441. The van der Waals surface area contributed by atoms with Crippen molar-refractivity contribution in [1.82, 2.24) is 5.32 Å². The molecule has 6 nitrogen and oxygen atoms in total. The number of carboxylic acids is 1. The van der Waals surface area contributed by atoms with Crippen molar-refractivity contribution in [3.8, 4) is 0 Å². The van der Waals surface area contributed by atoms with Crippen molar-refractivity contribution < 1.29 is 19.4 Å². The van der Waals surface area contributed by atoms with Crippen molar-refractivity contribution in [2.24, 2.45) is 5.73 Å². The second-order valence-electron chi connectivity index (χ2n) is 4.40. The van der Waals surface area contributed by atoms with Crippen LogP contribution in [0.5, 0.6) is 0 Å². The van der Waals surface area contributed by atoms with Crippen LogP contribution in [0.1, 0.15) is 22.3 Å². The topological polar surface area (TPSA) is 102 Å². The summed E-state index contributed by atoms with van der Waals surface area (Å²) < 4.78 is 5.03. The van der Waals surface area contributed by atoms with Crippen LogP contribution in [0.2, 0.25) is 0 Å². The van der Waals surface area contributed by atoms with Gasteiger partial charge in [0.15, 0.2) is 0 Å². The smallest absolute Gasteiger partial charge is 0.335 e. The molecule has 0 aliphatic carbocycles. The van der Waals surface area contributed by atoms with Crippen molar-refractivity contribution in [2.45, 2.75) is 18.9 Å². The number of ether oxygens (including phenoxy) is 1. The first kappa shape index (κ1) is 16.1. The molecule has 0 fully saturated rings. The average molecular weight is 280 g/mol. The van der Waals surface area contributed by atoms with Crippen LogP contribution in [-0.2, 0) is 16.0 Å². The van der Waals surface area contributed by atoms with Crippen LogP contribution in [0.4, 0.5) is 0 Å². The van der Waals surface area contributed by atoms with Crippen molar-refractivity contribution in [3.63, 3.8) is 0 Å². The lowest BCUT2D eigenvalue weighted by atomic mass is 10.1. The van der Waals surface area contributed by atoms with Crippen LogP contribution in [-0.4, -0.2) is 43.3 Å². The molecule has 0 bridgehead atoms. The zero-order valence-corrected chi connectivity index (χ0v) is 11.5. The molecule has 0 saturated carbocycles. The largest absolute Gasteiger partial charge is 0.478 e. The predicted octanol–water partition coefficient (Wildman–Crippen LogP) is 0.407. The number of nitrogens with two attached hydrogens (primary N) is 1. The molecule has 0 spiro atoms. The van der Waals surface area contributed by atoms with E-state index in [-0.39, 0.29) is 24.0 Å². The second-order valence-corrected chi connectivity index (χ2v) is 4.40. The summed E-state index contributed by atoms with van der Waals surface area (Å²) in [5, 5.41) is 11.6. The summed E-state index contributed by atoms with van der Waals surface area (Å²) >= 11 is 0. The van der Waals surface area contributed by atoms with Gasteiger partial charge in [0.1, 0.15) is 0 Å². The highest BCUT2D eigenvalue weighted by atomic mass is 16.5. The van der Waals surface area contributed by atoms with Crippen LogP contribution in [0.3, 0.4) is 0 Å². The Morgan fingerprint density at radius 1 is 1.35 bits per heavy atom. The molecule has 0 radical (unpaired) electrons. The number of nitrogens with one attached hydrogen (secondary N) is 1. The Hall–Kier alpha value is -1.92. The highest BCUT2D eigenvalue weighted by molar-refractivity contribution is 5.87. The number of carbonyl (C=O) groups excluding carboxylic acids is 1. The van der Waals surface area contributed by atoms with E-state index >= 15 is 0 Å².